The van der Waals surface area contributed by atoms with Gasteiger partial charge in [-0.1, -0.05) is 6.42 Å². The molecule has 0 radical (unpaired) electrons. The standard InChI is InChI=1S/C16H27N5O/c1-13(22)17-8-7-15-6-4-5-9-21(15)12-14-10-18-16(19-11-14)20(2)3/h10-11,15H,4-9,12H2,1-3H3,(H,17,22)/t15-/m1/s1. The van der Waals surface area contributed by atoms with E-state index in [9.17, 15) is 4.79 Å². The summed E-state index contributed by atoms with van der Waals surface area (Å²) >= 11 is 0. The van der Waals surface area contributed by atoms with E-state index in [2.05, 4.69) is 20.2 Å². The highest BCUT2D eigenvalue weighted by molar-refractivity contribution is 5.72. The smallest absolute Gasteiger partial charge is 0.224 e. The molecule has 2 rings (SSSR count). The molecular weight excluding hydrogens is 278 g/mol. The quantitative estimate of drug-likeness (QED) is 0.861. The number of rotatable bonds is 6. The molecule has 22 heavy (non-hydrogen) atoms. The third-order valence-corrected chi connectivity index (χ3v) is 4.08. The van der Waals surface area contributed by atoms with E-state index in [1.165, 1.54) is 19.3 Å². The fourth-order valence-corrected chi connectivity index (χ4v) is 2.90. The molecule has 1 aliphatic rings. The molecule has 1 aliphatic heterocycles. The number of amides is 1. The maximum absolute atomic E-state index is 11.0. The van der Waals surface area contributed by atoms with Gasteiger partial charge in [-0.3, -0.25) is 9.69 Å². The number of anilines is 1. The first-order valence-electron chi connectivity index (χ1n) is 8.03. The van der Waals surface area contributed by atoms with Gasteiger partial charge in [0.05, 0.1) is 0 Å². The lowest BCUT2D eigenvalue weighted by Gasteiger charge is -2.35. The van der Waals surface area contributed by atoms with Gasteiger partial charge in [-0.05, 0) is 25.8 Å². The van der Waals surface area contributed by atoms with Gasteiger partial charge >= 0.3 is 0 Å². The van der Waals surface area contributed by atoms with Crippen LogP contribution in [0.3, 0.4) is 0 Å². The summed E-state index contributed by atoms with van der Waals surface area (Å²) in [5, 5.41) is 2.90. The number of nitrogens with zero attached hydrogens (tertiary/aromatic N) is 4. The molecular formula is C16H27N5O. The molecule has 0 unspecified atom stereocenters. The van der Waals surface area contributed by atoms with E-state index in [1.807, 2.05) is 31.4 Å². The van der Waals surface area contributed by atoms with Crippen LogP contribution in [0.5, 0.6) is 0 Å². The molecule has 1 atom stereocenters. The van der Waals surface area contributed by atoms with Crippen LogP contribution < -0.4 is 10.2 Å². The van der Waals surface area contributed by atoms with Crippen molar-refractivity contribution in [2.75, 3.05) is 32.1 Å². The van der Waals surface area contributed by atoms with Gasteiger partial charge < -0.3 is 10.2 Å². The van der Waals surface area contributed by atoms with Gasteiger partial charge in [0.25, 0.3) is 0 Å². The zero-order valence-corrected chi connectivity index (χ0v) is 13.9. The summed E-state index contributed by atoms with van der Waals surface area (Å²) < 4.78 is 0. The van der Waals surface area contributed by atoms with Gasteiger partial charge in [-0.2, -0.15) is 0 Å². The minimum absolute atomic E-state index is 0.0510. The van der Waals surface area contributed by atoms with E-state index in [0.717, 1.165) is 37.6 Å². The van der Waals surface area contributed by atoms with Crippen molar-refractivity contribution < 1.29 is 4.79 Å². The predicted molar refractivity (Wildman–Crippen MR) is 87.7 cm³/mol. The largest absolute Gasteiger partial charge is 0.356 e. The topological polar surface area (TPSA) is 61.4 Å². The number of aromatic nitrogens is 2. The van der Waals surface area contributed by atoms with Crippen LogP contribution in [0.25, 0.3) is 0 Å². The van der Waals surface area contributed by atoms with Gasteiger partial charge in [0.1, 0.15) is 0 Å². The van der Waals surface area contributed by atoms with Crippen molar-refractivity contribution >= 4 is 11.9 Å². The minimum atomic E-state index is 0.0510. The molecule has 1 N–H and O–H groups in total. The highest BCUT2D eigenvalue weighted by Gasteiger charge is 2.22. The van der Waals surface area contributed by atoms with Gasteiger partial charge in [-0.25, -0.2) is 9.97 Å². The van der Waals surface area contributed by atoms with Crippen molar-refractivity contribution in [1.82, 2.24) is 20.2 Å². The number of hydrogen-bond acceptors (Lipinski definition) is 5. The van der Waals surface area contributed by atoms with Crippen LogP contribution in [0.15, 0.2) is 12.4 Å². The first-order valence-corrected chi connectivity index (χ1v) is 8.03. The van der Waals surface area contributed by atoms with Crippen molar-refractivity contribution in [3.8, 4) is 0 Å². The van der Waals surface area contributed by atoms with E-state index in [-0.39, 0.29) is 5.91 Å². The zero-order valence-electron chi connectivity index (χ0n) is 13.9. The third kappa shape index (κ3) is 4.94. The van der Waals surface area contributed by atoms with Crippen LogP contribution in [0.2, 0.25) is 0 Å². The lowest BCUT2D eigenvalue weighted by Crippen LogP contribution is -2.41. The van der Waals surface area contributed by atoms with Crippen LogP contribution in [0.1, 0.15) is 38.2 Å². The van der Waals surface area contributed by atoms with Crippen LogP contribution >= 0.6 is 0 Å². The number of carbonyl (C=O) groups excluding carboxylic acids is 1. The van der Waals surface area contributed by atoms with Crippen molar-refractivity contribution in [2.45, 2.75) is 45.2 Å². The molecule has 6 heteroatoms. The van der Waals surface area contributed by atoms with Crippen molar-refractivity contribution in [3.05, 3.63) is 18.0 Å². The van der Waals surface area contributed by atoms with E-state index >= 15 is 0 Å². The Morgan fingerprint density at radius 2 is 2.09 bits per heavy atom. The van der Waals surface area contributed by atoms with Crippen LogP contribution in [0.4, 0.5) is 5.95 Å². The summed E-state index contributed by atoms with van der Waals surface area (Å²) in [7, 11) is 3.88. The van der Waals surface area contributed by atoms with E-state index in [1.54, 1.807) is 6.92 Å². The monoisotopic (exact) mass is 305 g/mol. The lowest BCUT2D eigenvalue weighted by atomic mass is 9.99. The Kier molecular flexibility index (Phi) is 6.12. The maximum Gasteiger partial charge on any atom is 0.224 e. The molecule has 0 aliphatic carbocycles. The minimum Gasteiger partial charge on any atom is -0.356 e. The van der Waals surface area contributed by atoms with Crippen molar-refractivity contribution in [1.29, 1.82) is 0 Å². The molecule has 1 saturated heterocycles. The van der Waals surface area contributed by atoms with Crippen LogP contribution in [-0.4, -0.2) is 54.0 Å². The molecule has 1 amide bonds. The Hall–Kier alpha value is -1.69. The lowest BCUT2D eigenvalue weighted by molar-refractivity contribution is -0.119. The summed E-state index contributed by atoms with van der Waals surface area (Å²) in [6.45, 7) is 4.33. The molecule has 122 valence electrons. The molecule has 0 spiro atoms. The zero-order chi connectivity index (χ0) is 15.9. The number of likely N-dealkylation sites (tertiary alicyclic amines) is 1. The second kappa shape index (κ2) is 8.08. The van der Waals surface area contributed by atoms with Gasteiger partial charge in [0, 0.05) is 58.1 Å². The fraction of sp³-hybridized carbons (Fsp3) is 0.688. The second-order valence-corrected chi connectivity index (χ2v) is 6.18. The molecule has 0 saturated carbocycles. The SMILES string of the molecule is CC(=O)NCC[C@H]1CCCCN1Cc1cnc(N(C)C)nc1. The Labute approximate surface area is 132 Å². The fourth-order valence-electron chi connectivity index (χ4n) is 2.90. The molecule has 0 aromatic carbocycles. The van der Waals surface area contributed by atoms with Gasteiger partial charge in [-0.15, -0.1) is 0 Å². The predicted octanol–water partition coefficient (Wildman–Crippen LogP) is 1.42. The highest BCUT2D eigenvalue weighted by Crippen LogP contribution is 2.21. The van der Waals surface area contributed by atoms with Crippen LogP contribution in [-0.2, 0) is 11.3 Å². The summed E-state index contributed by atoms with van der Waals surface area (Å²) in [4.78, 5) is 24.2. The average molecular weight is 305 g/mol. The van der Waals surface area contributed by atoms with Gasteiger partial charge in [0.15, 0.2) is 0 Å². The van der Waals surface area contributed by atoms with Crippen molar-refractivity contribution in [2.24, 2.45) is 0 Å². The molecule has 6 nitrogen and oxygen atoms in total. The average Bonchev–Trinajstić information content (AvgIpc) is 2.49. The molecule has 1 aromatic heterocycles. The summed E-state index contributed by atoms with van der Waals surface area (Å²) in [6, 6.07) is 0.536. The number of nitrogens with one attached hydrogen (secondary N) is 1. The molecule has 0 bridgehead atoms. The second-order valence-electron chi connectivity index (χ2n) is 6.18. The Balaban J connectivity index is 1.91. The van der Waals surface area contributed by atoms with Gasteiger partial charge in [0.2, 0.25) is 11.9 Å². The Morgan fingerprint density at radius 3 is 2.73 bits per heavy atom. The number of hydrogen-bond donors (Lipinski definition) is 1. The number of carbonyl (C=O) groups is 1. The Morgan fingerprint density at radius 1 is 1.36 bits per heavy atom. The number of piperidine rings is 1. The molecule has 2 heterocycles. The van der Waals surface area contributed by atoms with E-state index < -0.39 is 0 Å². The summed E-state index contributed by atoms with van der Waals surface area (Å²) in [5.41, 5.74) is 1.15. The third-order valence-electron chi connectivity index (χ3n) is 4.08. The highest BCUT2D eigenvalue weighted by atomic mass is 16.1. The van der Waals surface area contributed by atoms with E-state index in [4.69, 9.17) is 0 Å². The van der Waals surface area contributed by atoms with E-state index in [0.29, 0.717) is 6.04 Å². The summed E-state index contributed by atoms with van der Waals surface area (Å²) in [5.74, 6) is 0.791. The molecule has 1 fully saturated rings. The van der Waals surface area contributed by atoms with Crippen molar-refractivity contribution in [3.63, 3.8) is 0 Å². The normalized spacial score (nSPS) is 19.0. The summed E-state index contributed by atoms with van der Waals surface area (Å²) in [6.07, 6.45) is 8.57. The molecule has 1 aromatic rings. The van der Waals surface area contributed by atoms with Crippen LogP contribution in [0, 0.1) is 0 Å². The Bertz CT molecular complexity index is 474. The first-order chi connectivity index (χ1) is 10.6. The maximum atomic E-state index is 11.0. The first kappa shape index (κ1) is 16.7.